The second-order valence-corrected chi connectivity index (χ2v) is 4.06. The van der Waals surface area contributed by atoms with Gasteiger partial charge in [-0.2, -0.15) is 0 Å². The molecule has 0 aliphatic carbocycles. The van der Waals surface area contributed by atoms with Crippen molar-refractivity contribution >= 4 is 11.8 Å². The largest absolute Gasteiger partial charge is 0.444 e. The molecule has 0 aromatic rings. The first-order valence-corrected chi connectivity index (χ1v) is 4.46. The Hall–Kier alpha value is -1.06. The van der Waals surface area contributed by atoms with Crippen molar-refractivity contribution in [2.45, 2.75) is 32.8 Å². The highest BCUT2D eigenvalue weighted by Crippen LogP contribution is 2.06. The second-order valence-electron chi connectivity index (χ2n) is 4.06. The smallest absolute Gasteiger partial charge is 0.407 e. The summed E-state index contributed by atoms with van der Waals surface area (Å²) in [6.07, 6.45) is 0.493. The molecule has 0 fully saturated rings. The molecule has 0 bridgehead atoms. The normalized spacial score (nSPS) is 14.8. The fourth-order valence-electron chi connectivity index (χ4n) is 0.837. The Bertz CT molecular complexity index is 228. The van der Waals surface area contributed by atoms with E-state index in [9.17, 15) is 4.79 Å². The van der Waals surface area contributed by atoms with Crippen molar-refractivity contribution < 1.29 is 9.53 Å². The Morgan fingerprint density at radius 2 is 2.23 bits per heavy atom. The van der Waals surface area contributed by atoms with E-state index in [2.05, 4.69) is 10.3 Å². The molecule has 13 heavy (non-hydrogen) atoms. The fraction of sp³-hybridized carbons (Fsp3) is 0.778. The molecule has 1 aliphatic heterocycles. The van der Waals surface area contributed by atoms with Crippen LogP contribution in [-0.2, 0) is 4.74 Å². The molecular formula is C9H16N2O2. The summed E-state index contributed by atoms with van der Waals surface area (Å²) in [7, 11) is 0. The first-order valence-electron chi connectivity index (χ1n) is 4.46. The number of amides is 1. The van der Waals surface area contributed by atoms with E-state index in [4.69, 9.17) is 4.74 Å². The van der Waals surface area contributed by atoms with Gasteiger partial charge in [-0.25, -0.2) is 4.79 Å². The van der Waals surface area contributed by atoms with Crippen LogP contribution in [0, 0.1) is 0 Å². The maximum Gasteiger partial charge on any atom is 0.407 e. The highest BCUT2D eigenvalue weighted by molar-refractivity contribution is 5.96. The molecule has 0 saturated heterocycles. The molecule has 1 heterocycles. The number of rotatable bonds is 3. The summed E-state index contributed by atoms with van der Waals surface area (Å²) < 4.78 is 5.05. The number of ether oxygens (including phenoxy) is 1. The minimum absolute atomic E-state index is 0.353. The van der Waals surface area contributed by atoms with Gasteiger partial charge in [0.05, 0.1) is 6.54 Å². The van der Waals surface area contributed by atoms with Crippen molar-refractivity contribution in [1.82, 2.24) is 5.32 Å². The summed E-state index contributed by atoms with van der Waals surface area (Å²) in [5, 5.41) is 2.67. The molecule has 0 aromatic heterocycles. The van der Waals surface area contributed by atoms with E-state index in [1.807, 2.05) is 20.8 Å². The van der Waals surface area contributed by atoms with E-state index in [0.29, 0.717) is 6.54 Å². The average Bonchev–Trinajstić information content (AvgIpc) is 2.66. The van der Waals surface area contributed by atoms with Crippen LogP contribution in [-0.4, -0.2) is 30.5 Å². The third-order valence-corrected chi connectivity index (χ3v) is 1.46. The molecule has 4 heteroatoms. The molecule has 4 nitrogen and oxygen atoms in total. The standard InChI is InChI=1S/C9H16N2O2/c1-9(2,3)13-8(12)10-5-4-7-6-11-7/h4-6H2,1-3H3,(H,10,12). The number of carbonyl (C=O) groups excluding carboxylic acids is 1. The summed E-state index contributed by atoms with van der Waals surface area (Å²) in [4.78, 5) is 15.1. The zero-order valence-electron chi connectivity index (χ0n) is 8.39. The van der Waals surface area contributed by atoms with Gasteiger partial charge in [-0.05, 0) is 20.8 Å². The molecular weight excluding hydrogens is 168 g/mol. The molecule has 74 valence electrons. The highest BCUT2D eigenvalue weighted by Gasteiger charge is 2.16. The number of hydrogen-bond donors (Lipinski definition) is 1. The van der Waals surface area contributed by atoms with Crippen LogP contribution < -0.4 is 5.32 Å². The van der Waals surface area contributed by atoms with Crippen molar-refractivity contribution in [3.8, 4) is 0 Å². The Balaban J connectivity index is 2.06. The molecule has 1 rings (SSSR count). The van der Waals surface area contributed by atoms with Gasteiger partial charge in [0, 0.05) is 18.7 Å². The number of alkyl carbamates (subject to hydrolysis) is 1. The van der Waals surface area contributed by atoms with Crippen LogP contribution in [0.15, 0.2) is 4.99 Å². The van der Waals surface area contributed by atoms with Crippen molar-refractivity contribution in [3.05, 3.63) is 0 Å². The van der Waals surface area contributed by atoms with Crippen molar-refractivity contribution in [3.63, 3.8) is 0 Å². The van der Waals surface area contributed by atoms with E-state index in [1.54, 1.807) is 0 Å². The van der Waals surface area contributed by atoms with E-state index < -0.39 is 5.60 Å². The molecule has 0 spiro atoms. The Kier molecular flexibility index (Phi) is 2.90. The minimum atomic E-state index is -0.415. The lowest BCUT2D eigenvalue weighted by Gasteiger charge is -2.19. The van der Waals surface area contributed by atoms with Gasteiger partial charge in [-0.1, -0.05) is 0 Å². The van der Waals surface area contributed by atoms with Crippen LogP contribution >= 0.6 is 0 Å². The number of nitrogens with zero attached hydrogens (tertiary/aromatic N) is 1. The van der Waals surface area contributed by atoms with Gasteiger partial charge in [0.1, 0.15) is 5.60 Å². The molecule has 0 saturated carbocycles. The predicted molar refractivity (Wildman–Crippen MR) is 51.2 cm³/mol. The third kappa shape index (κ3) is 5.22. The number of hydrogen-bond acceptors (Lipinski definition) is 3. The summed E-state index contributed by atoms with van der Waals surface area (Å²) in [6.45, 7) is 7.02. The average molecular weight is 184 g/mol. The zero-order chi connectivity index (χ0) is 9.90. The first-order chi connectivity index (χ1) is 5.97. The van der Waals surface area contributed by atoms with Gasteiger partial charge in [0.2, 0.25) is 0 Å². The van der Waals surface area contributed by atoms with E-state index in [-0.39, 0.29) is 6.09 Å². The zero-order valence-corrected chi connectivity index (χ0v) is 8.39. The summed E-state index contributed by atoms with van der Waals surface area (Å²) in [5.41, 5.74) is 0.761. The third-order valence-electron chi connectivity index (χ3n) is 1.46. The summed E-state index contributed by atoms with van der Waals surface area (Å²) in [5.74, 6) is 0. The topological polar surface area (TPSA) is 50.7 Å². The van der Waals surface area contributed by atoms with Gasteiger partial charge >= 0.3 is 6.09 Å². The predicted octanol–water partition coefficient (Wildman–Crippen LogP) is 1.36. The maximum atomic E-state index is 11.1. The fourth-order valence-corrected chi connectivity index (χ4v) is 0.837. The van der Waals surface area contributed by atoms with Crippen LogP contribution in [0.25, 0.3) is 0 Å². The molecule has 1 aliphatic rings. The van der Waals surface area contributed by atoms with Gasteiger partial charge < -0.3 is 10.1 Å². The number of aliphatic imine (C=N–C) groups is 1. The lowest BCUT2D eigenvalue weighted by molar-refractivity contribution is 0.0529. The van der Waals surface area contributed by atoms with Gasteiger partial charge in [0.25, 0.3) is 0 Å². The molecule has 1 amide bonds. The molecule has 1 N–H and O–H groups in total. The van der Waals surface area contributed by atoms with Crippen molar-refractivity contribution in [2.24, 2.45) is 4.99 Å². The molecule has 0 atom stereocenters. The number of carbonyl (C=O) groups is 1. The minimum Gasteiger partial charge on any atom is -0.444 e. The van der Waals surface area contributed by atoms with Gasteiger partial charge in [0.15, 0.2) is 0 Å². The van der Waals surface area contributed by atoms with Crippen LogP contribution in [0.4, 0.5) is 4.79 Å². The highest BCUT2D eigenvalue weighted by atomic mass is 16.6. The monoisotopic (exact) mass is 184 g/mol. The summed E-state index contributed by atoms with van der Waals surface area (Å²) in [6, 6.07) is 0. The molecule has 0 unspecified atom stereocenters. The lowest BCUT2D eigenvalue weighted by atomic mass is 10.2. The Morgan fingerprint density at radius 3 is 2.69 bits per heavy atom. The maximum absolute atomic E-state index is 11.1. The van der Waals surface area contributed by atoms with Crippen LogP contribution in [0.1, 0.15) is 27.2 Å². The van der Waals surface area contributed by atoms with Gasteiger partial charge in [-0.15, -0.1) is 0 Å². The lowest BCUT2D eigenvalue weighted by Crippen LogP contribution is -2.33. The van der Waals surface area contributed by atoms with Crippen molar-refractivity contribution in [2.75, 3.05) is 13.1 Å². The summed E-state index contributed by atoms with van der Waals surface area (Å²) >= 11 is 0. The van der Waals surface area contributed by atoms with Crippen LogP contribution in [0.5, 0.6) is 0 Å². The van der Waals surface area contributed by atoms with E-state index >= 15 is 0 Å². The van der Waals surface area contributed by atoms with Crippen molar-refractivity contribution in [1.29, 1.82) is 0 Å². The van der Waals surface area contributed by atoms with Crippen LogP contribution in [0.2, 0.25) is 0 Å². The van der Waals surface area contributed by atoms with Crippen LogP contribution in [0.3, 0.4) is 0 Å². The number of nitrogens with one attached hydrogen (secondary N) is 1. The molecule has 0 aromatic carbocycles. The Labute approximate surface area is 78.4 Å². The first kappa shape index (κ1) is 10.0. The quantitative estimate of drug-likeness (QED) is 0.720. The van der Waals surface area contributed by atoms with Gasteiger partial charge in [-0.3, -0.25) is 4.99 Å². The SMILES string of the molecule is CC(C)(C)OC(=O)NCCC1=NC1. The Morgan fingerprint density at radius 1 is 1.62 bits per heavy atom. The van der Waals surface area contributed by atoms with E-state index in [1.165, 1.54) is 5.71 Å². The van der Waals surface area contributed by atoms with E-state index in [0.717, 1.165) is 13.0 Å². The second kappa shape index (κ2) is 3.77. The molecule has 0 radical (unpaired) electrons.